The fourth-order valence-electron chi connectivity index (χ4n) is 1.88. The summed E-state index contributed by atoms with van der Waals surface area (Å²) in [6.45, 7) is 0. The van der Waals surface area contributed by atoms with Crippen molar-refractivity contribution < 1.29 is 9.53 Å². The zero-order chi connectivity index (χ0) is 15.2. The second-order valence-corrected chi connectivity index (χ2v) is 5.86. The number of hydrogen-bond donors (Lipinski definition) is 1. The molecule has 0 saturated carbocycles. The average molecular weight is 313 g/mol. The van der Waals surface area contributed by atoms with Crippen LogP contribution in [0.4, 0.5) is 0 Å². The number of thioether (sulfide) groups is 1. The second-order valence-electron chi connectivity index (χ2n) is 4.78. The fraction of sp³-hybridized carbons (Fsp3) is 0.188. The molecule has 1 amide bonds. The molecule has 0 atom stereocenters. The number of hydrogen-bond acceptors (Lipinski definition) is 5. The molecule has 112 valence electrons. The van der Waals surface area contributed by atoms with Gasteiger partial charge in [0, 0.05) is 29.5 Å². The van der Waals surface area contributed by atoms with E-state index in [1.54, 1.807) is 30.7 Å². The summed E-state index contributed by atoms with van der Waals surface area (Å²) in [5.41, 5.74) is 3.88. The van der Waals surface area contributed by atoms with Gasteiger partial charge in [0.15, 0.2) is 0 Å². The third-order valence-corrected chi connectivity index (χ3v) is 4.31. The molecular formula is C16H15N3O2S. The average Bonchev–Trinajstić information content (AvgIpc) is 2.52. The smallest absolute Gasteiger partial charge is 0.271 e. The van der Waals surface area contributed by atoms with Gasteiger partial charge in [0.1, 0.15) is 11.9 Å². The highest BCUT2D eigenvalue weighted by molar-refractivity contribution is 8.00. The van der Waals surface area contributed by atoms with Crippen LogP contribution in [0.5, 0.6) is 5.75 Å². The van der Waals surface area contributed by atoms with Crippen LogP contribution in [-0.4, -0.2) is 34.7 Å². The molecule has 22 heavy (non-hydrogen) atoms. The minimum Gasteiger partial charge on any atom is -0.489 e. The first kappa shape index (κ1) is 14.6. The third-order valence-electron chi connectivity index (χ3n) is 3.09. The largest absolute Gasteiger partial charge is 0.489 e. The van der Waals surface area contributed by atoms with Crippen molar-refractivity contribution in [3.8, 4) is 5.75 Å². The molecule has 1 aliphatic rings. The van der Waals surface area contributed by atoms with Crippen LogP contribution in [0.25, 0.3) is 0 Å². The van der Waals surface area contributed by atoms with Gasteiger partial charge >= 0.3 is 0 Å². The van der Waals surface area contributed by atoms with Crippen LogP contribution >= 0.6 is 11.8 Å². The number of carbonyl (C=O) groups excluding carboxylic acids is 1. The Bertz CT molecular complexity index is 672. The Kier molecular flexibility index (Phi) is 4.70. The number of aromatic nitrogens is 1. The summed E-state index contributed by atoms with van der Waals surface area (Å²) < 4.78 is 5.81. The predicted molar refractivity (Wildman–Crippen MR) is 87.5 cm³/mol. The molecule has 1 aromatic carbocycles. The molecule has 1 fully saturated rings. The predicted octanol–water partition coefficient (Wildman–Crippen LogP) is 2.34. The first-order chi connectivity index (χ1) is 10.8. The number of ether oxygens (including phenoxy) is 1. The molecular weight excluding hydrogens is 298 g/mol. The summed E-state index contributed by atoms with van der Waals surface area (Å²) in [5, 5.41) is 3.97. The topological polar surface area (TPSA) is 63.6 Å². The molecule has 0 spiro atoms. The zero-order valence-corrected chi connectivity index (χ0v) is 12.6. The number of amides is 1. The van der Waals surface area contributed by atoms with Crippen LogP contribution in [-0.2, 0) is 0 Å². The lowest BCUT2D eigenvalue weighted by Gasteiger charge is -2.25. The van der Waals surface area contributed by atoms with Crippen molar-refractivity contribution >= 4 is 23.9 Å². The van der Waals surface area contributed by atoms with E-state index in [9.17, 15) is 4.79 Å². The van der Waals surface area contributed by atoms with Gasteiger partial charge in [-0.05, 0) is 29.8 Å². The minimum atomic E-state index is -0.266. The lowest BCUT2D eigenvalue weighted by atomic mass is 10.2. The standard InChI is InChI=1S/C16H15N3O2S/c20-16(13-4-6-17-7-5-13)19-18-9-12-2-1-3-14(8-12)21-15-10-22-11-15/h1-9,15H,10-11H2,(H,19,20)/b18-9+. The second kappa shape index (κ2) is 7.09. The van der Waals surface area contributed by atoms with Crippen LogP contribution in [0.1, 0.15) is 15.9 Å². The molecule has 3 rings (SSSR count). The van der Waals surface area contributed by atoms with Crippen molar-refractivity contribution in [1.82, 2.24) is 10.4 Å². The van der Waals surface area contributed by atoms with E-state index in [0.717, 1.165) is 22.8 Å². The first-order valence-electron chi connectivity index (χ1n) is 6.89. The summed E-state index contributed by atoms with van der Waals surface area (Å²) in [5.74, 6) is 2.65. The number of benzene rings is 1. The third kappa shape index (κ3) is 3.85. The van der Waals surface area contributed by atoms with Crippen LogP contribution in [0, 0.1) is 0 Å². The molecule has 5 nitrogen and oxygen atoms in total. The molecule has 0 bridgehead atoms. The zero-order valence-electron chi connectivity index (χ0n) is 11.8. The van der Waals surface area contributed by atoms with Crippen molar-refractivity contribution in [2.24, 2.45) is 5.10 Å². The molecule has 1 saturated heterocycles. The van der Waals surface area contributed by atoms with E-state index < -0.39 is 0 Å². The van der Waals surface area contributed by atoms with E-state index in [1.807, 2.05) is 36.0 Å². The van der Waals surface area contributed by atoms with E-state index >= 15 is 0 Å². The lowest BCUT2D eigenvalue weighted by molar-refractivity contribution is 0.0955. The Morgan fingerprint density at radius 3 is 2.86 bits per heavy atom. The molecule has 2 aromatic rings. The highest BCUT2D eigenvalue weighted by atomic mass is 32.2. The summed E-state index contributed by atoms with van der Waals surface area (Å²) in [7, 11) is 0. The quantitative estimate of drug-likeness (QED) is 0.680. The van der Waals surface area contributed by atoms with Crippen LogP contribution in [0.3, 0.4) is 0 Å². The molecule has 0 radical (unpaired) electrons. The van der Waals surface area contributed by atoms with Gasteiger partial charge in [-0.1, -0.05) is 12.1 Å². The highest BCUT2D eigenvalue weighted by Gasteiger charge is 2.19. The molecule has 2 heterocycles. The van der Waals surface area contributed by atoms with Crippen molar-refractivity contribution in [1.29, 1.82) is 0 Å². The van der Waals surface area contributed by atoms with E-state index in [4.69, 9.17) is 4.74 Å². The maximum atomic E-state index is 11.8. The molecule has 0 aliphatic carbocycles. The number of nitrogens with one attached hydrogen (secondary N) is 1. The maximum Gasteiger partial charge on any atom is 0.271 e. The highest BCUT2D eigenvalue weighted by Crippen LogP contribution is 2.24. The Morgan fingerprint density at radius 2 is 2.14 bits per heavy atom. The van der Waals surface area contributed by atoms with Gasteiger partial charge in [-0.15, -0.1) is 0 Å². The van der Waals surface area contributed by atoms with Gasteiger partial charge in [0.05, 0.1) is 6.21 Å². The lowest BCUT2D eigenvalue weighted by Crippen LogP contribution is -2.31. The summed E-state index contributed by atoms with van der Waals surface area (Å²) >= 11 is 1.88. The van der Waals surface area contributed by atoms with Crippen molar-refractivity contribution in [3.63, 3.8) is 0 Å². The van der Waals surface area contributed by atoms with Crippen LogP contribution in [0.2, 0.25) is 0 Å². The van der Waals surface area contributed by atoms with Gasteiger partial charge in [-0.3, -0.25) is 9.78 Å². The first-order valence-corrected chi connectivity index (χ1v) is 8.04. The maximum absolute atomic E-state index is 11.8. The van der Waals surface area contributed by atoms with Crippen molar-refractivity contribution in [2.45, 2.75) is 6.10 Å². The fourth-order valence-corrected chi connectivity index (χ4v) is 2.44. The Labute approximate surface area is 132 Å². The van der Waals surface area contributed by atoms with E-state index in [0.29, 0.717) is 11.7 Å². The number of pyridine rings is 1. The van der Waals surface area contributed by atoms with Crippen LogP contribution in [0.15, 0.2) is 53.9 Å². The molecule has 1 N–H and O–H groups in total. The Hall–Kier alpha value is -2.34. The van der Waals surface area contributed by atoms with Gasteiger partial charge in [0.25, 0.3) is 5.91 Å². The summed E-state index contributed by atoms with van der Waals surface area (Å²) in [4.78, 5) is 15.7. The normalized spacial score (nSPS) is 14.5. The molecule has 0 unspecified atom stereocenters. The minimum absolute atomic E-state index is 0.266. The SMILES string of the molecule is O=C(N/N=C/c1cccc(OC2CSC2)c1)c1ccncc1. The number of rotatable bonds is 5. The number of carbonyl (C=O) groups is 1. The van der Waals surface area contributed by atoms with E-state index in [1.165, 1.54) is 0 Å². The van der Waals surface area contributed by atoms with Crippen LogP contribution < -0.4 is 10.2 Å². The number of nitrogens with zero attached hydrogens (tertiary/aromatic N) is 2. The van der Waals surface area contributed by atoms with Gasteiger partial charge in [0.2, 0.25) is 0 Å². The summed E-state index contributed by atoms with van der Waals surface area (Å²) in [6.07, 6.45) is 5.04. The monoisotopic (exact) mass is 313 g/mol. The Balaban J connectivity index is 1.58. The van der Waals surface area contributed by atoms with Crippen molar-refractivity contribution in [3.05, 3.63) is 59.9 Å². The van der Waals surface area contributed by atoms with Gasteiger partial charge < -0.3 is 4.74 Å². The summed E-state index contributed by atoms with van der Waals surface area (Å²) in [6, 6.07) is 10.9. The van der Waals surface area contributed by atoms with Crippen molar-refractivity contribution in [2.75, 3.05) is 11.5 Å². The molecule has 1 aliphatic heterocycles. The molecule has 1 aromatic heterocycles. The van der Waals surface area contributed by atoms with Gasteiger partial charge in [-0.2, -0.15) is 16.9 Å². The van der Waals surface area contributed by atoms with Gasteiger partial charge in [-0.25, -0.2) is 5.43 Å². The van der Waals surface area contributed by atoms with E-state index in [-0.39, 0.29) is 5.91 Å². The molecule has 6 heteroatoms. The van der Waals surface area contributed by atoms with E-state index in [2.05, 4.69) is 15.5 Å². The number of hydrazone groups is 1. The Morgan fingerprint density at radius 1 is 1.32 bits per heavy atom.